The quantitative estimate of drug-likeness (QED) is 0.938. The summed E-state index contributed by atoms with van der Waals surface area (Å²) in [5, 5.41) is 9.26. The number of aliphatic carboxylic acids is 1. The molecule has 0 aliphatic rings. The lowest BCUT2D eigenvalue weighted by Crippen LogP contribution is -2.28. The highest BCUT2D eigenvalue weighted by molar-refractivity contribution is 9.10. The van der Waals surface area contributed by atoms with Crippen LogP contribution in [0.5, 0.6) is 0 Å². The Labute approximate surface area is 111 Å². The summed E-state index contributed by atoms with van der Waals surface area (Å²) in [6.45, 7) is 1.47. The molecule has 2 rings (SSSR count). The number of halogens is 1. The van der Waals surface area contributed by atoms with E-state index in [9.17, 15) is 9.59 Å². The van der Waals surface area contributed by atoms with Crippen molar-refractivity contribution in [2.75, 3.05) is 0 Å². The maximum absolute atomic E-state index is 12.2. The summed E-state index contributed by atoms with van der Waals surface area (Å²) in [5.41, 5.74) is 0.266. The second-order valence-corrected chi connectivity index (χ2v) is 4.74. The Bertz CT molecular complexity index is 679. The van der Waals surface area contributed by atoms with E-state index in [-0.39, 0.29) is 12.1 Å². The lowest BCUT2D eigenvalue weighted by molar-refractivity contribution is -0.137. The predicted molar refractivity (Wildman–Crippen MR) is 70.7 cm³/mol. The molecule has 6 heteroatoms. The summed E-state index contributed by atoms with van der Waals surface area (Å²) >= 11 is 3.29. The van der Waals surface area contributed by atoms with E-state index in [2.05, 4.69) is 20.9 Å². The molecule has 0 amide bonds. The molecule has 1 aromatic carbocycles. The van der Waals surface area contributed by atoms with Crippen molar-refractivity contribution in [1.82, 2.24) is 9.55 Å². The number of nitrogens with zero attached hydrogens (tertiary/aromatic N) is 2. The van der Waals surface area contributed by atoms with Crippen LogP contribution in [0.4, 0.5) is 0 Å². The first-order valence-electron chi connectivity index (χ1n) is 5.43. The second-order valence-electron chi connectivity index (χ2n) is 3.83. The van der Waals surface area contributed by atoms with Gasteiger partial charge in [-0.15, -0.1) is 0 Å². The Morgan fingerprint density at radius 2 is 2.22 bits per heavy atom. The minimum atomic E-state index is -1.05. The van der Waals surface area contributed by atoms with Crippen molar-refractivity contribution >= 4 is 32.8 Å². The first-order chi connectivity index (χ1) is 8.52. The van der Waals surface area contributed by atoms with Gasteiger partial charge in [-0.3, -0.25) is 14.2 Å². The summed E-state index contributed by atoms with van der Waals surface area (Å²) in [6.07, 6.45) is 0.508. The lowest BCUT2D eigenvalue weighted by atomic mass is 10.2. The molecule has 0 saturated carbocycles. The van der Waals surface area contributed by atoms with Gasteiger partial charge >= 0.3 is 5.97 Å². The molecule has 0 spiro atoms. The number of carbonyl (C=O) groups is 1. The van der Waals surface area contributed by atoms with Crippen LogP contribution in [-0.4, -0.2) is 20.6 Å². The first-order valence-corrected chi connectivity index (χ1v) is 6.23. The third kappa shape index (κ3) is 2.28. The fourth-order valence-electron chi connectivity index (χ4n) is 1.81. The van der Waals surface area contributed by atoms with E-state index in [0.717, 1.165) is 4.47 Å². The zero-order valence-electron chi connectivity index (χ0n) is 9.68. The molecule has 0 saturated heterocycles. The predicted octanol–water partition coefficient (Wildman–Crippen LogP) is 1.81. The fraction of sp³-hybridized carbons (Fsp3) is 0.250. The van der Waals surface area contributed by atoms with E-state index in [1.807, 2.05) is 6.92 Å². The van der Waals surface area contributed by atoms with Crippen LogP contribution in [0.15, 0.2) is 27.5 Å². The molecule has 0 bridgehead atoms. The Kier molecular flexibility index (Phi) is 3.47. The fourth-order valence-corrected chi connectivity index (χ4v) is 2.17. The van der Waals surface area contributed by atoms with Crippen molar-refractivity contribution in [3.8, 4) is 0 Å². The van der Waals surface area contributed by atoms with Crippen LogP contribution in [0.25, 0.3) is 10.9 Å². The van der Waals surface area contributed by atoms with Gasteiger partial charge in [0.2, 0.25) is 0 Å². The van der Waals surface area contributed by atoms with Crippen LogP contribution < -0.4 is 5.56 Å². The van der Waals surface area contributed by atoms with Crippen LogP contribution in [0, 0.1) is 0 Å². The maximum Gasteiger partial charge on any atom is 0.323 e. The third-order valence-electron chi connectivity index (χ3n) is 2.60. The number of carboxylic acid groups (broad SMARTS) is 1. The van der Waals surface area contributed by atoms with Gasteiger partial charge in [0.05, 0.1) is 10.9 Å². The molecule has 1 N–H and O–H groups in total. The van der Waals surface area contributed by atoms with Gasteiger partial charge in [-0.1, -0.05) is 22.9 Å². The van der Waals surface area contributed by atoms with E-state index in [1.165, 1.54) is 4.57 Å². The monoisotopic (exact) mass is 310 g/mol. The van der Waals surface area contributed by atoms with Crippen molar-refractivity contribution in [3.63, 3.8) is 0 Å². The summed E-state index contributed by atoms with van der Waals surface area (Å²) in [5.74, 6) is -0.569. The van der Waals surface area contributed by atoms with Gasteiger partial charge in [0.15, 0.2) is 0 Å². The number of aryl methyl sites for hydroxylation is 1. The molecule has 18 heavy (non-hydrogen) atoms. The molecule has 0 atom stereocenters. The molecule has 1 heterocycles. The maximum atomic E-state index is 12.2. The SMILES string of the molecule is CCc1nc2ccc(Br)cc2c(=O)n1CC(=O)O. The largest absolute Gasteiger partial charge is 0.480 e. The summed E-state index contributed by atoms with van der Waals surface area (Å²) in [6, 6.07) is 5.20. The van der Waals surface area contributed by atoms with Crippen LogP contribution >= 0.6 is 15.9 Å². The van der Waals surface area contributed by atoms with Crippen molar-refractivity contribution in [3.05, 3.63) is 38.9 Å². The number of benzene rings is 1. The molecule has 0 unspecified atom stereocenters. The van der Waals surface area contributed by atoms with Gasteiger partial charge in [0.25, 0.3) is 5.56 Å². The van der Waals surface area contributed by atoms with Gasteiger partial charge in [-0.25, -0.2) is 4.98 Å². The van der Waals surface area contributed by atoms with Crippen molar-refractivity contribution in [2.45, 2.75) is 19.9 Å². The van der Waals surface area contributed by atoms with Gasteiger partial charge < -0.3 is 5.11 Å². The van der Waals surface area contributed by atoms with Crippen LogP contribution in [-0.2, 0) is 17.8 Å². The van der Waals surface area contributed by atoms with Gasteiger partial charge in [0, 0.05) is 10.9 Å². The number of hydrogen-bond donors (Lipinski definition) is 1. The zero-order valence-corrected chi connectivity index (χ0v) is 11.3. The topological polar surface area (TPSA) is 72.2 Å². The summed E-state index contributed by atoms with van der Waals surface area (Å²) in [7, 11) is 0. The molecule has 0 aliphatic heterocycles. The Morgan fingerprint density at radius 1 is 1.50 bits per heavy atom. The Balaban J connectivity index is 2.79. The van der Waals surface area contributed by atoms with Crippen molar-refractivity contribution in [1.29, 1.82) is 0 Å². The average molecular weight is 311 g/mol. The Hall–Kier alpha value is -1.69. The number of fused-ring (bicyclic) bond motifs is 1. The van der Waals surface area contributed by atoms with Crippen LogP contribution in [0.3, 0.4) is 0 Å². The third-order valence-corrected chi connectivity index (χ3v) is 3.10. The summed E-state index contributed by atoms with van der Waals surface area (Å²) < 4.78 is 1.97. The second kappa shape index (κ2) is 4.89. The first kappa shape index (κ1) is 12.8. The molecule has 1 aromatic heterocycles. The van der Waals surface area contributed by atoms with Gasteiger partial charge in [-0.05, 0) is 18.2 Å². The van der Waals surface area contributed by atoms with E-state index < -0.39 is 5.97 Å². The van der Waals surface area contributed by atoms with Crippen LogP contribution in [0.2, 0.25) is 0 Å². The molecule has 2 aromatic rings. The standard InChI is InChI=1S/C12H11BrN2O3/c1-2-10-14-9-4-3-7(13)5-8(9)12(18)15(10)6-11(16)17/h3-5H,2,6H2,1H3,(H,16,17). The molecule has 0 radical (unpaired) electrons. The van der Waals surface area contributed by atoms with E-state index in [1.54, 1.807) is 18.2 Å². The minimum absolute atomic E-state index is 0.319. The zero-order chi connectivity index (χ0) is 13.3. The van der Waals surface area contributed by atoms with E-state index in [4.69, 9.17) is 5.11 Å². The lowest BCUT2D eigenvalue weighted by Gasteiger charge is -2.10. The van der Waals surface area contributed by atoms with E-state index in [0.29, 0.717) is 23.1 Å². The Morgan fingerprint density at radius 3 is 2.83 bits per heavy atom. The minimum Gasteiger partial charge on any atom is -0.480 e. The normalized spacial score (nSPS) is 10.8. The van der Waals surface area contributed by atoms with Gasteiger partial charge in [0.1, 0.15) is 12.4 Å². The highest BCUT2D eigenvalue weighted by Gasteiger charge is 2.12. The average Bonchev–Trinajstić information content (AvgIpc) is 2.33. The molecule has 5 nitrogen and oxygen atoms in total. The van der Waals surface area contributed by atoms with Gasteiger partial charge in [-0.2, -0.15) is 0 Å². The van der Waals surface area contributed by atoms with Crippen molar-refractivity contribution < 1.29 is 9.90 Å². The summed E-state index contributed by atoms with van der Waals surface area (Å²) in [4.78, 5) is 27.4. The highest BCUT2D eigenvalue weighted by Crippen LogP contribution is 2.16. The van der Waals surface area contributed by atoms with Crippen molar-refractivity contribution in [2.24, 2.45) is 0 Å². The van der Waals surface area contributed by atoms with E-state index >= 15 is 0 Å². The smallest absolute Gasteiger partial charge is 0.323 e. The number of aromatic nitrogens is 2. The van der Waals surface area contributed by atoms with Crippen LogP contribution in [0.1, 0.15) is 12.7 Å². The molecule has 0 fully saturated rings. The molecule has 94 valence electrons. The number of hydrogen-bond acceptors (Lipinski definition) is 3. The number of rotatable bonds is 3. The molecule has 0 aliphatic carbocycles. The number of carboxylic acids is 1. The molecular weight excluding hydrogens is 300 g/mol. The highest BCUT2D eigenvalue weighted by atomic mass is 79.9. The molecular formula is C12H11BrN2O3.